The lowest BCUT2D eigenvalue weighted by atomic mass is 10.3. The second-order valence-electron chi connectivity index (χ2n) is 2.30. The van der Waals surface area contributed by atoms with Crippen LogP contribution in [0.4, 0.5) is 0 Å². The molecule has 0 saturated carbocycles. The van der Waals surface area contributed by atoms with E-state index in [9.17, 15) is 0 Å². The molecule has 0 aliphatic carbocycles. The van der Waals surface area contributed by atoms with Crippen molar-refractivity contribution >= 4 is 11.8 Å². The summed E-state index contributed by atoms with van der Waals surface area (Å²) in [6, 6.07) is 0. The highest BCUT2D eigenvalue weighted by Crippen LogP contribution is 2.42. The van der Waals surface area contributed by atoms with Crippen LogP contribution in [-0.4, -0.2) is 17.2 Å². The van der Waals surface area contributed by atoms with Gasteiger partial charge in [-0.25, -0.2) is 0 Å². The molecule has 1 spiro atoms. The Hall–Kier alpha value is 0.310. The third-order valence-electron chi connectivity index (χ3n) is 1.67. The molecule has 0 aromatic heterocycles. The molecule has 7 heavy (non-hydrogen) atoms. The number of nitrogens with one attached hydrogen (secondary N) is 1. The first-order valence-electron chi connectivity index (χ1n) is 2.80. The molecule has 2 saturated heterocycles. The van der Waals surface area contributed by atoms with Gasteiger partial charge in [0.05, 0.1) is 4.87 Å². The van der Waals surface area contributed by atoms with Crippen molar-refractivity contribution in [2.75, 3.05) is 12.3 Å². The molecule has 0 amide bonds. The molecule has 40 valence electrons. The van der Waals surface area contributed by atoms with Gasteiger partial charge in [-0.3, -0.25) is 5.32 Å². The second-order valence-corrected chi connectivity index (χ2v) is 3.78. The topological polar surface area (TPSA) is 21.9 Å². The quantitative estimate of drug-likeness (QED) is 0.472. The van der Waals surface area contributed by atoms with Gasteiger partial charge in [0.15, 0.2) is 0 Å². The highest BCUT2D eigenvalue weighted by atomic mass is 32.2. The summed E-state index contributed by atoms with van der Waals surface area (Å²) < 4.78 is 0. The Morgan fingerprint density at radius 3 is 2.71 bits per heavy atom. The second kappa shape index (κ2) is 1.17. The Balaban J connectivity index is 2.07. The van der Waals surface area contributed by atoms with Crippen molar-refractivity contribution in [3.63, 3.8) is 0 Å². The van der Waals surface area contributed by atoms with Gasteiger partial charge in [0.2, 0.25) is 0 Å². The predicted molar refractivity (Wildman–Crippen MR) is 32.4 cm³/mol. The lowest BCUT2D eigenvalue weighted by Gasteiger charge is -1.95. The van der Waals surface area contributed by atoms with Crippen LogP contribution in [0.1, 0.15) is 12.8 Å². The highest BCUT2D eigenvalue weighted by Gasteiger charge is 2.44. The number of hydrogen-bond acceptors (Lipinski definition) is 2. The minimum Gasteiger partial charge on any atom is -0.299 e. The molecule has 0 radical (unpaired) electrons. The van der Waals surface area contributed by atoms with Crippen molar-refractivity contribution in [1.29, 1.82) is 0 Å². The molecule has 0 aromatic carbocycles. The largest absolute Gasteiger partial charge is 0.299 e. The molecule has 2 aliphatic rings. The standard InChI is InChI=1S/C5H9NS/c1-2-5(4-6-5)7-3-1/h6H,1-4H2. The van der Waals surface area contributed by atoms with E-state index < -0.39 is 0 Å². The van der Waals surface area contributed by atoms with E-state index in [1.165, 1.54) is 25.1 Å². The Morgan fingerprint density at radius 1 is 1.57 bits per heavy atom. The monoisotopic (exact) mass is 115 g/mol. The van der Waals surface area contributed by atoms with E-state index in [0.29, 0.717) is 4.87 Å². The van der Waals surface area contributed by atoms with Gasteiger partial charge in [-0.15, -0.1) is 11.8 Å². The fraction of sp³-hybridized carbons (Fsp3) is 1.00. The Kier molecular flexibility index (Phi) is 0.707. The third kappa shape index (κ3) is 0.572. The molecule has 2 heteroatoms. The Morgan fingerprint density at radius 2 is 2.43 bits per heavy atom. The Labute approximate surface area is 47.9 Å². The molecule has 0 bridgehead atoms. The number of hydrogen-bond donors (Lipinski definition) is 1. The van der Waals surface area contributed by atoms with Crippen LogP contribution in [0.15, 0.2) is 0 Å². The van der Waals surface area contributed by atoms with Crippen molar-refractivity contribution in [3.05, 3.63) is 0 Å². The minimum atomic E-state index is 0.611. The maximum absolute atomic E-state index is 3.37. The van der Waals surface area contributed by atoms with Crippen LogP contribution in [0, 0.1) is 0 Å². The van der Waals surface area contributed by atoms with Crippen molar-refractivity contribution in [2.45, 2.75) is 17.7 Å². The number of thioether (sulfide) groups is 1. The van der Waals surface area contributed by atoms with Crippen LogP contribution in [0.2, 0.25) is 0 Å². The van der Waals surface area contributed by atoms with Crippen LogP contribution in [-0.2, 0) is 0 Å². The molecule has 1 N–H and O–H groups in total. The molecular weight excluding hydrogens is 106 g/mol. The van der Waals surface area contributed by atoms with Crippen molar-refractivity contribution < 1.29 is 0 Å². The normalized spacial score (nSPS) is 48.0. The molecule has 0 aromatic rings. The minimum absolute atomic E-state index is 0.611. The fourth-order valence-electron chi connectivity index (χ4n) is 1.07. The predicted octanol–water partition coefficient (Wildman–Crippen LogP) is 0.813. The average Bonchev–Trinajstić information content (AvgIpc) is 2.15. The molecule has 2 aliphatic heterocycles. The Bertz CT molecular complexity index is 80.1. The third-order valence-corrected chi connectivity index (χ3v) is 3.21. The lowest BCUT2D eigenvalue weighted by Crippen LogP contribution is -2.01. The van der Waals surface area contributed by atoms with Gasteiger partial charge in [-0.05, 0) is 18.6 Å². The number of rotatable bonds is 0. The van der Waals surface area contributed by atoms with Gasteiger partial charge in [-0.2, -0.15) is 0 Å². The average molecular weight is 115 g/mol. The molecule has 2 rings (SSSR count). The van der Waals surface area contributed by atoms with Gasteiger partial charge in [-0.1, -0.05) is 0 Å². The summed E-state index contributed by atoms with van der Waals surface area (Å²) in [5.74, 6) is 1.38. The fourth-order valence-corrected chi connectivity index (χ4v) is 2.32. The summed E-state index contributed by atoms with van der Waals surface area (Å²) in [4.78, 5) is 0.611. The molecule has 1 nitrogen and oxygen atoms in total. The molecule has 1 atom stereocenters. The summed E-state index contributed by atoms with van der Waals surface area (Å²) in [6.45, 7) is 1.28. The van der Waals surface area contributed by atoms with Crippen molar-refractivity contribution in [1.82, 2.24) is 5.32 Å². The van der Waals surface area contributed by atoms with Gasteiger partial charge < -0.3 is 0 Å². The summed E-state index contributed by atoms with van der Waals surface area (Å²) in [7, 11) is 0. The van der Waals surface area contributed by atoms with Gasteiger partial charge >= 0.3 is 0 Å². The van der Waals surface area contributed by atoms with E-state index in [4.69, 9.17) is 0 Å². The van der Waals surface area contributed by atoms with Crippen LogP contribution < -0.4 is 5.32 Å². The van der Waals surface area contributed by atoms with E-state index in [0.717, 1.165) is 0 Å². The SMILES string of the molecule is C1CSC2(C1)CN2. The van der Waals surface area contributed by atoms with E-state index in [1.54, 1.807) is 0 Å². The zero-order valence-corrected chi connectivity index (χ0v) is 5.05. The maximum atomic E-state index is 3.37. The van der Waals surface area contributed by atoms with Gasteiger partial charge in [0, 0.05) is 6.54 Å². The summed E-state index contributed by atoms with van der Waals surface area (Å²) in [5.41, 5.74) is 0. The van der Waals surface area contributed by atoms with Crippen molar-refractivity contribution in [2.24, 2.45) is 0 Å². The van der Waals surface area contributed by atoms with E-state index in [-0.39, 0.29) is 0 Å². The van der Waals surface area contributed by atoms with E-state index in [2.05, 4.69) is 17.1 Å². The van der Waals surface area contributed by atoms with Gasteiger partial charge in [0.1, 0.15) is 0 Å². The molecular formula is C5H9NS. The summed E-state index contributed by atoms with van der Waals surface area (Å²) in [6.07, 6.45) is 2.84. The van der Waals surface area contributed by atoms with Crippen LogP contribution in [0.25, 0.3) is 0 Å². The van der Waals surface area contributed by atoms with E-state index in [1.807, 2.05) is 0 Å². The van der Waals surface area contributed by atoms with Crippen molar-refractivity contribution in [3.8, 4) is 0 Å². The molecule has 1 unspecified atom stereocenters. The summed E-state index contributed by atoms with van der Waals surface area (Å²) >= 11 is 2.10. The van der Waals surface area contributed by atoms with Crippen LogP contribution in [0.5, 0.6) is 0 Å². The first-order valence-corrected chi connectivity index (χ1v) is 3.79. The highest BCUT2D eigenvalue weighted by molar-refractivity contribution is 8.01. The van der Waals surface area contributed by atoms with Gasteiger partial charge in [0.25, 0.3) is 0 Å². The maximum Gasteiger partial charge on any atom is 0.0772 e. The smallest absolute Gasteiger partial charge is 0.0772 e. The lowest BCUT2D eigenvalue weighted by molar-refractivity contribution is 0.784. The van der Waals surface area contributed by atoms with Crippen LogP contribution in [0.3, 0.4) is 0 Å². The molecule has 2 fully saturated rings. The first kappa shape index (κ1) is 4.21. The first-order chi connectivity index (χ1) is 3.41. The zero-order chi connectivity index (χ0) is 4.74. The zero-order valence-electron chi connectivity index (χ0n) is 4.24. The van der Waals surface area contributed by atoms with Crippen LogP contribution >= 0.6 is 11.8 Å². The summed E-state index contributed by atoms with van der Waals surface area (Å²) in [5, 5.41) is 3.37. The molecule has 2 heterocycles. The van der Waals surface area contributed by atoms with E-state index >= 15 is 0 Å².